The molecule has 0 fully saturated rings. The molecule has 0 aliphatic heterocycles. The molecule has 1 aliphatic carbocycles. The summed E-state index contributed by atoms with van der Waals surface area (Å²) in [4.78, 5) is 14.2. The van der Waals surface area contributed by atoms with E-state index in [1.54, 1.807) is 31.0 Å². The second-order valence-electron chi connectivity index (χ2n) is 7.06. The number of thiophene rings is 1. The van der Waals surface area contributed by atoms with Gasteiger partial charge < -0.3 is 10.1 Å². The predicted molar refractivity (Wildman–Crippen MR) is 113 cm³/mol. The van der Waals surface area contributed by atoms with E-state index in [1.165, 1.54) is 10.4 Å². The summed E-state index contributed by atoms with van der Waals surface area (Å²) in [6, 6.07) is 3.92. The van der Waals surface area contributed by atoms with Crippen LogP contribution in [0.2, 0.25) is 0 Å². The first-order valence-corrected chi connectivity index (χ1v) is 10.1. The van der Waals surface area contributed by atoms with Gasteiger partial charge in [-0.3, -0.25) is 5.10 Å². The van der Waals surface area contributed by atoms with E-state index in [0.717, 1.165) is 51.9 Å². The molecular formula is C19H18N8OS. The number of methoxy groups -OCH3 is 1. The molecule has 29 heavy (non-hydrogen) atoms. The SMILES string of the molecule is COc1cc2[nH]ncc2cc1Nc1ncnc2sc3c(c12)CCC(CN=[N+]=[N-])C3. The largest absolute Gasteiger partial charge is 0.494 e. The molecule has 0 bridgehead atoms. The van der Waals surface area contributed by atoms with E-state index in [9.17, 15) is 0 Å². The normalized spacial score (nSPS) is 15.8. The maximum absolute atomic E-state index is 8.60. The summed E-state index contributed by atoms with van der Waals surface area (Å²) in [5.41, 5.74) is 11.6. The standard InChI is InChI=1S/C19H18N8OS/c1-28-15-6-13-11(8-23-26-13)5-14(15)25-18-17-12-3-2-10(7-24-27-20)4-16(12)29-19(17)22-9-21-18/h5-6,8-10H,2-4,7H2,1H3,(H,23,26)(H,21,22,25). The van der Waals surface area contributed by atoms with Gasteiger partial charge in [-0.15, -0.1) is 11.3 Å². The minimum absolute atomic E-state index is 0.388. The minimum atomic E-state index is 0.388. The van der Waals surface area contributed by atoms with E-state index >= 15 is 0 Å². The summed E-state index contributed by atoms with van der Waals surface area (Å²) in [5.74, 6) is 1.88. The van der Waals surface area contributed by atoms with Gasteiger partial charge in [0.1, 0.15) is 22.7 Å². The number of nitrogens with zero attached hydrogens (tertiary/aromatic N) is 6. The van der Waals surface area contributed by atoms with E-state index < -0.39 is 0 Å². The molecule has 1 aromatic carbocycles. The van der Waals surface area contributed by atoms with Gasteiger partial charge in [0.2, 0.25) is 0 Å². The zero-order valence-corrected chi connectivity index (χ0v) is 16.5. The lowest BCUT2D eigenvalue weighted by atomic mass is 9.88. The number of benzene rings is 1. The van der Waals surface area contributed by atoms with Gasteiger partial charge in [0.05, 0.1) is 29.9 Å². The molecule has 10 heteroatoms. The van der Waals surface area contributed by atoms with E-state index in [-0.39, 0.29) is 0 Å². The Labute approximate surface area is 169 Å². The fourth-order valence-corrected chi connectivity index (χ4v) is 5.25. The first kappa shape index (κ1) is 17.7. The van der Waals surface area contributed by atoms with Crippen molar-refractivity contribution in [2.75, 3.05) is 19.0 Å². The topological polar surface area (TPSA) is 124 Å². The summed E-state index contributed by atoms with van der Waals surface area (Å²) in [6.45, 7) is 0.545. The first-order valence-electron chi connectivity index (χ1n) is 9.31. The van der Waals surface area contributed by atoms with Gasteiger partial charge >= 0.3 is 0 Å². The van der Waals surface area contributed by atoms with Crippen molar-refractivity contribution in [2.24, 2.45) is 11.0 Å². The second-order valence-corrected chi connectivity index (χ2v) is 8.15. The van der Waals surface area contributed by atoms with Crippen molar-refractivity contribution in [3.63, 3.8) is 0 Å². The summed E-state index contributed by atoms with van der Waals surface area (Å²) in [6.07, 6.45) is 6.22. The van der Waals surface area contributed by atoms with Crippen molar-refractivity contribution in [3.05, 3.63) is 45.5 Å². The lowest BCUT2D eigenvalue weighted by Crippen LogP contribution is -2.15. The van der Waals surface area contributed by atoms with E-state index in [0.29, 0.717) is 18.2 Å². The molecule has 5 rings (SSSR count). The smallest absolute Gasteiger partial charge is 0.144 e. The summed E-state index contributed by atoms with van der Waals surface area (Å²) in [7, 11) is 1.65. The Morgan fingerprint density at radius 2 is 2.34 bits per heavy atom. The van der Waals surface area contributed by atoms with Gasteiger partial charge in [0, 0.05) is 27.8 Å². The lowest BCUT2D eigenvalue weighted by molar-refractivity contribution is 0.417. The van der Waals surface area contributed by atoms with E-state index in [4.69, 9.17) is 10.3 Å². The average Bonchev–Trinajstić information content (AvgIpc) is 3.35. The molecule has 4 aromatic rings. The van der Waals surface area contributed by atoms with E-state index in [1.807, 2.05) is 12.1 Å². The maximum Gasteiger partial charge on any atom is 0.144 e. The van der Waals surface area contributed by atoms with Gasteiger partial charge in [-0.2, -0.15) is 5.10 Å². The molecule has 0 spiro atoms. The van der Waals surface area contributed by atoms with Crippen LogP contribution in [0.4, 0.5) is 11.5 Å². The number of anilines is 2. The molecule has 0 saturated carbocycles. The number of azide groups is 1. The minimum Gasteiger partial charge on any atom is -0.494 e. The van der Waals surface area contributed by atoms with Crippen LogP contribution >= 0.6 is 11.3 Å². The zero-order valence-electron chi connectivity index (χ0n) is 15.7. The maximum atomic E-state index is 8.60. The van der Waals surface area contributed by atoms with Crippen molar-refractivity contribution in [3.8, 4) is 5.75 Å². The van der Waals surface area contributed by atoms with Crippen LogP contribution in [0.5, 0.6) is 5.75 Å². The Bertz CT molecular complexity index is 1260. The number of aryl methyl sites for hydroxylation is 1. The van der Waals surface area contributed by atoms with Crippen LogP contribution in [-0.4, -0.2) is 33.8 Å². The number of hydrogen-bond donors (Lipinski definition) is 2. The molecule has 1 atom stereocenters. The highest BCUT2D eigenvalue weighted by Crippen LogP contribution is 2.41. The Kier molecular flexibility index (Phi) is 4.42. The summed E-state index contributed by atoms with van der Waals surface area (Å²) in [5, 5.41) is 16.3. The van der Waals surface area contributed by atoms with E-state index in [2.05, 4.69) is 35.5 Å². The molecule has 2 N–H and O–H groups in total. The number of aromatic amines is 1. The van der Waals surface area contributed by atoms with Gasteiger partial charge in [-0.1, -0.05) is 5.11 Å². The third-order valence-corrected chi connectivity index (χ3v) is 6.53. The van der Waals surface area contributed by atoms with Crippen LogP contribution in [0.25, 0.3) is 31.6 Å². The fourth-order valence-electron chi connectivity index (χ4n) is 3.95. The second kappa shape index (κ2) is 7.23. The molecule has 0 saturated heterocycles. The monoisotopic (exact) mass is 406 g/mol. The molecule has 3 heterocycles. The predicted octanol–water partition coefficient (Wildman–Crippen LogP) is 4.74. The molecule has 1 unspecified atom stereocenters. The molecule has 146 valence electrons. The van der Waals surface area contributed by atoms with Gasteiger partial charge in [0.15, 0.2) is 0 Å². The molecular weight excluding hydrogens is 388 g/mol. The molecule has 1 aliphatic rings. The lowest BCUT2D eigenvalue weighted by Gasteiger charge is -2.20. The van der Waals surface area contributed by atoms with Crippen molar-refractivity contribution in [1.82, 2.24) is 20.2 Å². The number of aromatic nitrogens is 4. The molecule has 0 radical (unpaired) electrons. The van der Waals surface area contributed by atoms with Crippen molar-refractivity contribution in [2.45, 2.75) is 19.3 Å². The number of hydrogen-bond acceptors (Lipinski definition) is 7. The fraction of sp³-hybridized carbons (Fsp3) is 0.316. The van der Waals surface area contributed by atoms with Crippen LogP contribution < -0.4 is 10.1 Å². The highest BCUT2D eigenvalue weighted by atomic mass is 32.1. The first-order chi connectivity index (χ1) is 14.3. The number of rotatable bonds is 5. The summed E-state index contributed by atoms with van der Waals surface area (Å²) < 4.78 is 5.56. The van der Waals surface area contributed by atoms with Crippen molar-refractivity contribution >= 4 is 44.0 Å². The van der Waals surface area contributed by atoms with Gasteiger partial charge in [-0.05, 0) is 42.3 Å². The summed E-state index contributed by atoms with van der Waals surface area (Å²) >= 11 is 1.70. The Morgan fingerprint density at radius 3 is 3.21 bits per heavy atom. The highest BCUT2D eigenvalue weighted by Gasteiger charge is 2.25. The van der Waals surface area contributed by atoms with Crippen molar-refractivity contribution < 1.29 is 4.74 Å². The highest BCUT2D eigenvalue weighted by molar-refractivity contribution is 7.19. The molecule has 9 nitrogen and oxygen atoms in total. The third kappa shape index (κ3) is 3.12. The molecule has 0 amide bonds. The number of H-pyrrole nitrogens is 1. The Balaban J connectivity index is 1.55. The van der Waals surface area contributed by atoms with Crippen LogP contribution in [0.3, 0.4) is 0 Å². The number of ether oxygens (including phenoxy) is 1. The van der Waals surface area contributed by atoms with Crippen LogP contribution in [0, 0.1) is 5.92 Å². The Hall–Kier alpha value is -3.36. The van der Waals surface area contributed by atoms with Gasteiger partial charge in [0.25, 0.3) is 0 Å². The van der Waals surface area contributed by atoms with Crippen LogP contribution in [-0.2, 0) is 12.8 Å². The van der Waals surface area contributed by atoms with Crippen LogP contribution in [0.1, 0.15) is 16.9 Å². The number of fused-ring (bicyclic) bond motifs is 4. The number of nitrogens with one attached hydrogen (secondary N) is 2. The quantitative estimate of drug-likeness (QED) is 0.281. The zero-order chi connectivity index (χ0) is 19.8. The van der Waals surface area contributed by atoms with Crippen molar-refractivity contribution in [1.29, 1.82) is 0 Å². The Morgan fingerprint density at radius 1 is 1.41 bits per heavy atom. The molecule has 3 aromatic heterocycles. The third-order valence-electron chi connectivity index (χ3n) is 5.36. The van der Waals surface area contributed by atoms with Gasteiger partial charge in [-0.25, -0.2) is 9.97 Å². The average molecular weight is 406 g/mol. The van der Waals surface area contributed by atoms with Crippen LogP contribution in [0.15, 0.2) is 29.8 Å².